The molecule has 1 heterocycles. The van der Waals surface area contributed by atoms with Gasteiger partial charge in [0, 0.05) is 29.7 Å². The Morgan fingerprint density at radius 2 is 1.85 bits per heavy atom. The Morgan fingerprint density at radius 3 is 2.41 bits per heavy atom. The average Bonchev–Trinajstić information content (AvgIpc) is 2.94. The third-order valence-electron chi connectivity index (χ3n) is 4.21. The van der Waals surface area contributed by atoms with E-state index in [0.717, 1.165) is 35.4 Å². The Labute approximate surface area is 184 Å². The lowest BCUT2D eigenvalue weighted by molar-refractivity contribution is 0.512. The van der Waals surface area contributed by atoms with E-state index in [1.807, 2.05) is 13.0 Å². The molecular weight excluding hydrogens is 469 g/mol. The minimum atomic E-state index is 0. The van der Waals surface area contributed by atoms with E-state index in [1.165, 1.54) is 4.88 Å². The quantitative estimate of drug-likeness (QED) is 0.282. The Bertz CT molecular complexity index is 680. The van der Waals surface area contributed by atoms with Crippen LogP contribution in [0.4, 0.5) is 5.69 Å². The second-order valence-electron chi connectivity index (χ2n) is 6.69. The van der Waals surface area contributed by atoms with Gasteiger partial charge >= 0.3 is 0 Å². The van der Waals surface area contributed by atoms with E-state index >= 15 is 0 Å². The molecule has 5 nitrogen and oxygen atoms in total. The number of thiazole rings is 1. The standard InChI is InChI=1S/C20H31N5S.HI/c1-6-21-20(23-13-19-24-15(4)16(5)26-19)22-12-18(14(2)3)25-17-10-8-7-9-11-17;/h7-11,14,18,25H,6,12-13H2,1-5H3,(H2,21,22,23);1H. The molecule has 1 aromatic carbocycles. The minimum absolute atomic E-state index is 0. The summed E-state index contributed by atoms with van der Waals surface area (Å²) in [6.07, 6.45) is 0. The summed E-state index contributed by atoms with van der Waals surface area (Å²) in [6.45, 7) is 12.9. The zero-order valence-electron chi connectivity index (χ0n) is 16.9. The summed E-state index contributed by atoms with van der Waals surface area (Å²) in [5, 5.41) is 11.4. The van der Waals surface area contributed by atoms with Gasteiger partial charge in [0.25, 0.3) is 0 Å². The molecule has 150 valence electrons. The Hall–Kier alpha value is -1.35. The predicted molar refractivity (Wildman–Crippen MR) is 129 cm³/mol. The van der Waals surface area contributed by atoms with Gasteiger partial charge in [-0.3, -0.25) is 0 Å². The van der Waals surface area contributed by atoms with E-state index in [0.29, 0.717) is 18.5 Å². The molecule has 0 saturated heterocycles. The smallest absolute Gasteiger partial charge is 0.191 e. The van der Waals surface area contributed by atoms with Crippen molar-refractivity contribution in [3.8, 4) is 0 Å². The number of rotatable bonds is 8. The lowest BCUT2D eigenvalue weighted by atomic mass is 10.0. The van der Waals surface area contributed by atoms with E-state index in [9.17, 15) is 0 Å². The first-order valence-electron chi connectivity index (χ1n) is 9.26. The first-order valence-corrected chi connectivity index (χ1v) is 10.1. The highest BCUT2D eigenvalue weighted by molar-refractivity contribution is 14.0. The molecule has 1 atom stereocenters. The van der Waals surface area contributed by atoms with Crippen molar-refractivity contribution in [1.29, 1.82) is 0 Å². The third-order valence-corrected chi connectivity index (χ3v) is 5.27. The number of aliphatic imine (C=N–C) groups is 1. The molecule has 0 spiro atoms. The number of anilines is 1. The molecule has 0 amide bonds. The molecule has 0 aliphatic heterocycles. The van der Waals surface area contributed by atoms with Crippen molar-refractivity contribution in [1.82, 2.24) is 15.6 Å². The molecule has 0 saturated carbocycles. The highest BCUT2D eigenvalue weighted by Crippen LogP contribution is 2.17. The van der Waals surface area contributed by atoms with Gasteiger partial charge in [0.05, 0.1) is 12.2 Å². The largest absolute Gasteiger partial charge is 0.380 e. The van der Waals surface area contributed by atoms with Crippen LogP contribution in [-0.4, -0.2) is 30.1 Å². The van der Waals surface area contributed by atoms with Gasteiger partial charge in [-0.1, -0.05) is 32.0 Å². The van der Waals surface area contributed by atoms with Crippen molar-refractivity contribution < 1.29 is 0 Å². The number of aryl methyl sites for hydroxylation is 2. The Morgan fingerprint density at radius 1 is 1.15 bits per heavy atom. The van der Waals surface area contributed by atoms with Gasteiger partial charge in [0.1, 0.15) is 5.01 Å². The van der Waals surface area contributed by atoms with Gasteiger partial charge in [0.15, 0.2) is 5.96 Å². The monoisotopic (exact) mass is 501 g/mol. The number of guanidine groups is 1. The fraction of sp³-hybridized carbons (Fsp3) is 0.500. The van der Waals surface area contributed by atoms with E-state index in [2.05, 4.69) is 72.9 Å². The van der Waals surface area contributed by atoms with E-state index < -0.39 is 0 Å². The summed E-state index contributed by atoms with van der Waals surface area (Å²) >= 11 is 1.72. The van der Waals surface area contributed by atoms with Gasteiger partial charge in [-0.05, 0) is 38.8 Å². The summed E-state index contributed by atoms with van der Waals surface area (Å²) in [7, 11) is 0. The zero-order valence-corrected chi connectivity index (χ0v) is 20.0. The molecule has 0 aliphatic rings. The number of aromatic nitrogens is 1. The number of nitrogens with zero attached hydrogens (tertiary/aromatic N) is 2. The van der Waals surface area contributed by atoms with Crippen molar-refractivity contribution >= 4 is 47.0 Å². The molecule has 1 unspecified atom stereocenters. The maximum absolute atomic E-state index is 4.69. The molecule has 0 bridgehead atoms. The molecule has 0 radical (unpaired) electrons. The molecule has 0 aliphatic carbocycles. The van der Waals surface area contributed by atoms with Gasteiger partial charge in [0.2, 0.25) is 0 Å². The van der Waals surface area contributed by atoms with Crippen LogP contribution >= 0.6 is 35.3 Å². The number of para-hydroxylation sites is 1. The predicted octanol–water partition coefficient (Wildman–Crippen LogP) is 4.57. The van der Waals surface area contributed by atoms with E-state index in [1.54, 1.807) is 11.3 Å². The fourth-order valence-electron chi connectivity index (χ4n) is 2.50. The Balaban J connectivity index is 0.00000364. The zero-order chi connectivity index (χ0) is 18.9. The highest BCUT2D eigenvalue weighted by Gasteiger charge is 2.14. The molecule has 2 rings (SSSR count). The second-order valence-corrected chi connectivity index (χ2v) is 7.97. The molecule has 27 heavy (non-hydrogen) atoms. The molecule has 1 aromatic heterocycles. The van der Waals surface area contributed by atoms with Crippen LogP contribution < -0.4 is 16.0 Å². The van der Waals surface area contributed by atoms with Crippen LogP contribution in [0, 0.1) is 19.8 Å². The van der Waals surface area contributed by atoms with E-state index in [4.69, 9.17) is 4.99 Å². The first kappa shape index (κ1) is 23.7. The van der Waals surface area contributed by atoms with Gasteiger partial charge in [-0.2, -0.15) is 0 Å². The lowest BCUT2D eigenvalue weighted by Gasteiger charge is -2.25. The van der Waals surface area contributed by atoms with Crippen molar-refractivity contribution in [3.05, 3.63) is 45.9 Å². The maximum Gasteiger partial charge on any atom is 0.191 e. The molecule has 2 aromatic rings. The fourth-order valence-corrected chi connectivity index (χ4v) is 3.36. The van der Waals surface area contributed by atoms with Gasteiger partial charge in [-0.25, -0.2) is 9.98 Å². The normalized spacial score (nSPS) is 12.4. The van der Waals surface area contributed by atoms with Crippen LogP contribution in [0.25, 0.3) is 0 Å². The molecule has 3 N–H and O–H groups in total. The number of hydrogen-bond donors (Lipinski definition) is 3. The highest BCUT2D eigenvalue weighted by atomic mass is 127. The summed E-state index contributed by atoms with van der Waals surface area (Å²) in [5.41, 5.74) is 2.24. The lowest BCUT2D eigenvalue weighted by Crippen LogP contribution is -2.44. The SMILES string of the molecule is CCNC(=NCc1nc(C)c(C)s1)NCC(Nc1ccccc1)C(C)C.I. The van der Waals surface area contributed by atoms with Gasteiger partial charge < -0.3 is 16.0 Å². The van der Waals surface area contributed by atoms with Crippen LogP contribution in [0.2, 0.25) is 0 Å². The molecular formula is C20H32IN5S. The van der Waals surface area contributed by atoms with Crippen molar-refractivity contribution in [2.24, 2.45) is 10.9 Å². The summed E-state index contributed by atoms with van der Waals surface area (Å²) in [5.74, 6) is 1.33. The summed E-state index contributed by atoms with van der Waals surface area (Å²) in [4.78, 5) is 10.5. The van der Waals surface area contributed by atoms with Crippen LogP contribution in [0.3, 0.4) is 0 Å². The third kappa shape index (κ3) is 8.04. The molecule has 0 fully saturated rings. The van der Waals surface area contributed by atoms with E-state index in [-0.39, 0.29) is 24.0 Å². The summed E-state index contributed by atoms with van der Waals surface area (Å²) < 4.78 is 0. The Kier molecular flexibility index (Phi) is 10.7. The number of benzene rings is 1. The second kappa shape index (κ2) is 12.2. The average molecular weight is 501 g/mol. The topological polar surface area (TPSA) is 61.3 Å². The van der Waals surface area contributed by atoms with Gasteiger partial charge in [-0.15, -0.1) is 35.3 Å². The number of hydrogen-bond acceptors (Lipinski definition) is 4. The van der Waals surface area contributed by atoms with Crippen LogP contribution in [0.5, 0.6) is 0 Å². The van der Waals surface area contributed by atoms with Crippen LogP contribution in [0.1, 0.15) is 36.3 Å². The van der Waals surface area contributed by atoms with Crippen molar-refractivity contribution in [2.45, 2.75) is 47.2 Å². The number of halogens is 1. The van der Waals surface area contributed by atoms with Crippen molar-refractivity contribution in [3.63, 3.8) is 0 Å². The molecule has 7 heteroatoms. The maximum atomic E-state index is 4.69. The first-order chi connectivity index (χ1) is 12.5. The van der Waals surface area contributed by atoms with Crippen molar-refractivity contribution in [2.75, 3.05) is 18.4 Å². The minimum Gasteiger partial charge on any atom is -0.380 e. The number of nitrogens with one attached hydrogen (secondary N) is 3. The van der Waals surface area contributed by atoms with Crippen LogP contribution in [-0.2, 0) is 6.54 Å². The van der Waals surface area contributed by atoms with Crippen LogP contribution in [0.15, 0.2) is 35.3 Å². The summed E-state index contributed by atoms with van der Waals surface area (Å²) in [6, 6.07) is 10.6.